The van der Waals surface area contributed by atoms with E-state index in [0.29, 0.717) is 33.5 Å². The fourth-order valence-electron chi connectivity index (χ4n) is 3.07. The Hall–Kier alpha value is -1.92. The van der Waals surface area contributed by atoms with Crippen LogP contribution >= 0.6 is 19.2 Å². The minimum Gasteiger partial charge on any atom is -0.493 e. The molecule has 2 aromatic rings. The summed E-state index contributed by atoms with van der Waals surface area (Å²) in [6.07, 6.45) is -0.675. The van der Waals surface area contributed by atoms with E-state index >= 15 is 0 Å². The molecule has 0 aliphatic heterocycles. The molecule has 0 saturated carbocycles. The van der Waals surface area contributed by atoms with Gasteiger partial charge in [0, 0.05) is 10.7 Å². The molecule has 9 heteroatoms. The van der Waals surface area contributed by atoms with Crippen molar-refractivity contribution in [1.82, 2.24) is 0 Å². The Kier molecular flexibility index (Phi) is 9.07. The lowest BCUT2D eigenvalue weighted by atomic mass is 10.1. The van der Waals surface area contributed by atoms with Crippen LogP contribution in [0.2, 0.25) is 5.02 Å². The van der Waals surface area contributed by atoms with Gasteiger partial charge in [-0.1, -0.05) is 17.7 Å². The standard InChI is InChI=1S/C22H31ClNO6P/c1-14(2)29-31(25,30-15(3)4)22(24-18-10-8-9-17(23)13-18)16-11-19(26-5)21(28-7)20(12-16)27-6/h8-15,22,24H,1-7H3. The molecule has 0 bridgehead atoms. The summed E-state index contributed by atoms with van der Waals surface area (Å²) < 4.78 is 42.3. The zero-order valence-electron chi connectivity index (χ0n) is 19.0. The molecule has 0 saturated heterocycles. The van der Waals surface area contributed by atoms with E-state index in [-0.39, 0.29) is 12.2 Å². The Labute approximate surface area is 189 Å². The van der Waals surface area contributed by atoms with E-state index in [0.717, 1.165) is 0 Å². The molecule has 0 radical (unpaired) electrons. The fraction of sp³-hybridized carbons (Fsp3) is 0.455. The Morgan fingerprint density at radius 1 is 0.871 bits per heavy atom. The van der Waals surface area contributed by atoms with Crippen LogP contribution in [0.1, 0.15) is 39.0 Å². The topological polar surface area (TPSA) is 75.3 Å². The zero-order valence-corrected chi connectivity index (χ0v) is 20.6. The predicted octanol–water partition coefficient (Wildman–Crippen LogP) is 6.52. The van der Waals surface area contributed by atoms with Gasteiger partial charge in [-0.2, -0.15) is 0 Å². The molecule has 1 N–H and O–H groups in total. The molecule has 0 spiro atoms. The van der Waals surface area contributed by atoms with Crippen LogP contribution in [0.4, 0.5) is 5.69 Å². The molecule has 1 atom stereocenters. The summed E-state index contributed by atoms with van der Waals surface area (Å²) in [5, 5.41) is 3.82. The third-order valence-electron chi connectivity index (χ3n) is 4.16. The van der Waals surface area contributed by atoms with Crippen LogP contribution in [0, 0.1) is 0 Å². The van der Waals surface area contributed by atoms with E-state index in [1.54, 1.807) is 30.3 Å². The number of hydrogen-bond acceptors (Lipinski definition) is 7. The Morgan fingerprint density at radius 2 is 1.42 bits per heavy atom. The lowest BCUT2D eigenvalue weighted by Crippen LogP contribution is -2.19. The van der Waals surface area contributed by atoms with Gasteiger partial charge in [0.2, 0.25) is 5.75 Å². The minimum atomic E-state index is -3.73. The van der Waals surface area contributed by atoms with Crippen LogP contribution in [0.25, 0.3) is 0 Å². The molecule has 0 aromatic heterocycles. The van der Waals surface area contributed by atoms with Gasteiger partial charge in [-0.05, 0) is 63.6 Å². The van der Waals surface area contributed by atoms with E-state index in [4.69, 9.17) is 34.9 Å². The van der Waals surface area contributed by atoms with Crippen LogP contribution < -0.4 is 19.5 Å². The van der Waals surface area contributed by atoms with E-state index in [2.05, 4.69) is 5.32 Å². The summed E-state index contributed by atoms with van der Waals surface area (Å²) in [5.41, 5.74) is 1.24. The SMILES string of the molecule is COc1cc(C(Nc2cccc(Cl)c2)P(=O)(OC(C)C)OC(C)C)cc(OC)c1OC. The number of halogens is 1. The molecule has 31 heavy (non-hydrogen) atoms. The second-order valence-electron chi connectivity index (χ2n) is 7.36. The van der Waals surface area contributed by atoms with Gasteiger partial charge < -0.3 is 28.6 Å². The molecule has 0 fully saturated rings. The van der Waals surface area contributed by atoms with Gasteiger partial charge in [-0.15, -0.1) is 0 Å². The number of anilines is 1. The van der Waals surface area contributed by atoms with Crippen molar-refractivity contribution < 1.29 is 27.8 Å². The summed E-state index contributed by atoms with van der Waals surface area (Å²) in [4.78, 5) is 0. The predicted molar refractivity (Wildman–Crippen MR) is 124 cm³/mol. The molecule has 0 aliphatic rings. The molecule has 0 heterocycles. The van der Waals surface area contributed by atoms with Gasteiger partial charge in [-0.3, -0.25) is 4.57 Å². The third-order valence-corrected chi connectivity index (χ3v) is 6.89. The van der Waals surface area contributed by atoms with Crippen LogP contribution in [-0.4, -0.2) is 33.5 Å². The number of methoxy groups -OCH3 is 3. The van der Waals surface area contributed by atoms with E-state index in [9.17, 15) is 4.57 Å². The second kappa shape index (κ2) is 11.1. The molecule has 0 aliphatic carbocycles. The number of ether oxygens (including phenoxy) is 3. The van der Waals surface area contributed by atoms with Crippen LogP contribution in [0.3, 0.4) is 0 Å². The van der Waals surface area contributed by atoms with Gasteiger partial charge in [0.25, 0.3) is 0 Å². The van der Waals surface area contributed by atoms with E-state index < -0.39 is 13.4 Å². The van der Waals surface area contributed by atoms with Gasteiger partial charge in [0.15, 0.2) is 17.3 Å². The van der Waals surface area contributed by atoms with Crippen molar-refractivity contribution >= 4 is 24.9 Å². The normalized spacial score (nSPS) is 12.7. The van der Waals surface area contributed by atoms with Gasteiger partial charge >= 0.3 is 7.60 Å². The highest BCUT2D eigenvalue weighted by molar-refractivity contribution is 7.54. The van der Waals surface area contributed by atoms with Gasteiger partial charge in [-0.25, -0.2) is 0 Å². The van der Waals surface area contributed by atoms with E-state index in [1.807, 2.05) is 33.8 Å². The molecule has 1 unspecified atom stereocenters. The van der Waals surface area contributed by atoms with Crippen molar-refractivity contribution in [1.29, 1.82) is 0 Å². The molecule has 172 valence electrons. The van der Waals surface area contributed by atoms with Gasteiger partial charge in [0.1, 0.15) is 0 Å². The first-order valence-corrected chi connectivity index (χ1v) is 11.9. The Morgan fingerprint density at radius 3 is 1.84 bits per heavy atom. The molecule has 7 nitrogen and oxygen atoms in total. The number of nitrogens with one attached hydrogen (secondary N) is 1. The van der Waals surface area contributed by atoms with Crippen molar-refractivity contribution in [2.75, 3.05) is 26.6 Å². The van der Waals surface area contributed by atoms with Crippen molar-refractivity contribution in [2.45, 2.75) is 45.7 Å². The number of hydrogen-bond donors (Lipinski definition) is 1. The molecular weight excluding hydrogens is 441 g/mol. The molecular formula is C22H31ClNO6P. The van der Waals surface area contributed by atoms with Crippen LogP contribution in [0.5, 0.6) is 17.2 Å². The molecule has 2 rings (SSSR count). The lowest BCUT2D eigenvalue weighted by molar-refractivity contribution is 0.138. The average molecular weight is 472 g/mol. The van der Waals surface area contributed by atoms with Gasteiger partial charge in [0.05, 0.1) is 33.5 Å². The summed E-state index contributed by atoms with van der Waals surface area (Å²) in [7, 11) is 0.836. The largest absolute Gasteiger partial charge is 0.493 e. The monoisotopic (exact) mass is 471 g/mol. The minimum absolute atomic E-state index is 0.338. The fourth-order valence-corrected chi connectivity index (χ4v) is 5.55. The molecule has 0 amide bonds. The third kappa shape index (κ3) is 6.53. The highest BCUT2D eigenvalue weighted by Crippen LogP contribution is 2.63. The smallest absolute Gasteiger partial charge is 0.357 e. The van der Waals surface area contributed by atoms with Crippen LogP contribution in [0.15, 0.2) is 36.4 Å². The van der Waals surface area contributed by atoms with E-state index in [1.165, 1.54) is 21.3 Å². The summed E-state index contributed by atoms with van der Waals surface area (Å²) >= 11 is 6.16. The van der Waals surface area contributed by atoms with Crippen molar-refractivity contribution in [3.63, 3.8) is 0 Å². The zero-order chi connectivity index (χ0) is 23.2. The summed E-state index contributed by atoms with van der Waals surface area (Å²) in [6.45, 7) is 7.23. The number of benzene rings is 2. The summed E-state index contributed by atoms with van der Waals surface area (Å²) in [5.74, 6) is 0.412. The maximum absolute atomic E-state index is 14.1. The van der Waals surface area contributed by atoms with Crippen LogP contribution in [-0.2, 0) is 13.6 Å². The maximum atomic E-state index is 14.1. The highest BCUT2D eigenvalue weighted by atomic mass is 35.5. The quantitative estimate of drug-likeness (QED) is 0.374. The Balaban J connectivity index is 2.70. The summed E-state index contributed by atoms with van der Waals surface area (Å²) in [6, 6.07) is 10.6. The van der Waals surface area contributed by atoms with Crippen molar-refractivity contribution in [3.05, 3.63) is 47.0 Å². The number of rotatable bonds is 11. The van der Waals surface area contributed by atoms with Crippen molar-refractivity contribution in [2.24, 2.45) is 0 Å². The molecule has 2 aromatic carbocycles. The first kappa shape index (κ1) is 25.3. The maximum Gasteiger partial charge on any atom is 0.357 e. The second-order valence-corrected chi connectivity index (χ2v) is 9.82. The van der Waals surface area contributed by atoms with Crippen molar-refractivity contribution in [3.8, 4) is 17.2 Å². The first-order chi connectivity index (χ1) is 14.6. The lowest BCUT2D eigenvalue weighted by Gasteiger charge is -2.31. The highest BCUT2D eigenvalue weighted by Gasteiger charge is 2.40. The Bertz CT molecular complexity index is 882. The average Bonchev–Trinajstić information content (AvgIpc) is 2.69. The first-order valence-electron chi connectivity index (χ1n) is 9.92.